The summed E-state index contributed by atoms with van der Waals surface area (Å²) in [5, 5.41) is 4.41. The number of ether oxygens (including phenoxy) is 1. The number of hydrogen-bond acceptors (Lipinski definition) is 6. The fourth-order valence-corrected chi connectivity index (χ4v) is 3.74. The van der Waals surface area contributed by atoms with Crippen LogP contribution in [0.1, 0.15) is 42.2 Å². The number of rotatable bonds is 8. The van der Waals surface area contributed by atoms with Gasteiger partial charge < -0.3 is 14.5 Å². The second-order valence-corrected chi connectivity index (χ2v) is 8.00. The van der Waals surface area contributed by atoms with Crippen LogP contribution in [0.25, 0.3) is 5.82 Å². The first-order valence-electron chi connectivity index (χ1n) is 11.3. The number of amides is 1. The molecule has 1 fully saturated rings. The van der Waals surface area contributed by atoms with Crippen molar-refractivity contribution in [2.24, 2.45) is 0 Å². The Morgan fingerprint density at radius 2 is 1.75 bits per heavy atom. The quantitative estimate of drug-likeness (QED) is 0.505. The van der Waals surface area contributed by atoms with Crippen LogP contribution in [0.5, 0.6) is 5.75 Å². The fourth-order valence-electron chi connectivity index (χ4n) is 3.74. The van der Waals surface area contributed by atoms with Gasteiger partial charge in [-0.3, -0.25) is 4.79 Å². The molecule has 8 heteroatoms. The minimum atomic E-state index is 0.0533. The Morgan fingerprint density at radius 3 is 2.44 bits per heavy atom. The highest BCUT2D eigenvalue weighted by atomic mass is 16.5. The van der Waals surface area contributed by atoms with Crippen molar-refractivity contribution in [3.05, 3.63) is 60.2 Å². The van der Waals surface area contributed by atoms with E-state index in [1.807, 2.05) is 54.4 Å². The van der Waals surface area contributed by atoms with Crippen LogP contribution in [0.3, 0.4) is 0 Å². The summed E-state index contributed by atoms with van der Waals surface area (Å²) in [7, 11) is 0. The number of carbonyl (C=O) groups excluding carboxylic acids is 1. The van der Waals surface area contributed by atoms with Gasteiger partial charge in [0, 0.05) is 44.0 Å². The molecule has 0 radical (unpaired) electrons. The Balaban J connectivity index is 1.32. The van der Waals surface area contributed by atoms with Crippen LogP contribution in [-0.2, 0) is 0 Å². The maximum atomic E-state index is 12.9. The molecule has 32 heavy (non-hydrogen) atoms. The minimum absolute atomic E-state index is 0.0533. The maximum absolute atomic E-state index is 12.9. The summed E-state index contributed by atoms with van der Waals surface area (Å²) in [5.74, 6) is 2.45. The van der Waals surface area contributed by atoms with E-state index in [0.29, 0.717) is 25.3 Å². The number of aromatic nitrogens is 4. The van der Waals surface area contributed by atoms with Gasteiger partial charge >= 0.3 is 0 Å². The van der Waals surface area contributed by atoms with E-state index >= 15 is 0 Å². The number of hydrogen-bond donors (Lipinski definition) is 0. The Morgan fingerprint density at radius 1 is 1.00 bits per heavy atom. The van der Waals surface area contributed by atoms with Crippen molar-refractivity contribution in [2.75, 3.05) is 37.7 Å². The van der Waals surface area contributed by atoms with E-state index in [9.17, 15) is 4.79 Å². The molecule has 8 nitrogen and oxygen atoms in total. The molecule has 1 aromatic carbocycles. The zero-order valence-electron chi connectivity index (χ0n) is 18.8. The van der Waals surface area contributed by atoms with Gasteiger partial charge in [0.2, 0.25) is 0 Å². The summed E-state index contributed by atoms with van der Waals surface area (Å²) in [6.07, 6.45) is 6.84. The highest BCUT2D eigenvalue weighted by Crippen LogP contribution is 2.19. The van der Waals surface area contributed by atoms with E-state index in [-0.39, 0.29) is 5.91 Å². The lowest BCUT2D eigenvalue weighted by molar-refractivity contribution is 0.0746. The van der Waals surface area contributed by atoms with E-state index < -0.39 is 0 Å². The minimum Gasteiger partial charge on any atom is -0.494 e. The number of unbranched alkanes of at least 4 members (excludes halogenated alkanes) is 2. The van der Waals surface area contributed by atoms with E-state index in [1.54, 1.807) is 11.0 Å². The second kappa shape index (κ2) is 10.3. The summed E-state index contributed by atoms with van der Waals surface area (Å²) in [4.78, 5) is 25.7. The highest BCUT2D eigenvalue weighted by molar-refractivity contribution is 5.94. The molecule has 1 amide bonds. The third-order valence-electron chi connectivity index (χ3n) is 5.60. The first kappa shape index (κ1) is 21.8. The van der Waals surface area contributed by atoms with Crippen molar-refractivity contribution >= 4 is 11.7 Å². The molecule has 1 aliphatic rings. The van der Waals surface area contributed by atoms with E-state index in [0.717, 1.165) is 42.6 Å². The molecule has 2 aromatic heterocycles. The number of aryl methyl sites for hydroxylation is 1. The molecule has 1 saturated heterocycles. The molecule has 1 aliphatic heterocycles. The molecule has 0 N–H and O–H groups in total. The molecule has 0 bridgehead atoms. The normalized spacial score (nSPS) is 13.9. The van der Waals surface area contributed by atoms with Gasteiger partial charge in [-0.25, -0.2) is 14.6 Å². The molecule has 0 atom stereocenters. The van der Waals surface area contributed by atoms with Crippen LogP contribution in [-0.4, -0.2) is 63.3 Å². The van der Waals surface area contributed by atoms with Crippen LogP contribution in [0.4, 0.5) is 5.82 Å². The van der Waals surface area contributed by atoms with E-state index in [4.69, 9.17) is 4.74 Å². The van der Waals surface area contributed by atoms with Gasteiger partial charge in [-0.1, -0.05) is 19.8 Å². The second-order valence-electron chi connectivity index (χ2n) is 8.00. The number of anilines is 1. The van der Waals surface area contributed by atoms with Crippen molar-refractivity contribution < 1.29 is 9.53 Å². The first-order chi connectivity index (χ1) is 15.6. The van der Waals surface area contributed by atoms with Gasteiger partial charge in [0.05, 0.1) is 12.3 Å². The topological polar surface area (TPSA) is 76.4 Å². The molecule has 0 spiro atoms. The third-order valence-corrected chi connectivity index (χ3v) is 5.60. The summed E-state index contributed by atoms with van der Waals surface area (Å²) < 4.78 is 7.49. The van der Waals surface area contributed by atoms with Crippen molar-refractivity contribution in [3.8, 4) is 11.6 Å². The Kier molecular flexibility index (Phi) is 6.99. The highest BCUT2D eigenvalue weighted by Gasteiger charge is 2.23. The van der Waals surface area contributed by atoms with Crippen molar-refractivity contribution in [1.29, 1.82) is 0 Å². The summed E-state index contributed by atoms with van der Waals surface area (Å²) in [5.41, 5.74) is 1.63. The van der Waals surface area contributed by atoms with Crippen molar-refractivity contribution in [2.45, 2.75) is 33.1 Å². The Labute approximate surface area is 188 Å². The standard InChI is InChI=1S/C24H30N6O2/c1-3-4-5-16-32-21-8-6-20(7-9-21)24(31)29-14-12-28(13-15-29)22-17-23(26-18-25-22)30-11-10-19(2)27-30/h6-11,17-18H,3-5,12-16H2,1-2H3. The molecule has 168 valence electrons. The van der Waals surface area contributed by atoms with Gasteiger partial charge in [-0.2, -0.15) is 5.10 Å². The number of benzene rings is 1. The smallest absolute Gasteiger partial charge is 0.253 e. The van der Waals surface area contributed by atoms with Crippen molar-refractivity contribution in [3.63, 3.8) is 0 Å². The van der Waals surface area contributed by atoms with E-state index in [2.05, 4.69) is 26.9 Å². The predicted molar refractivity (Wildman–Crippen MR) is 123 cm³/mol. The summed E-state index contributed by atoms with van der Waals surface area (Å²) in [6, 6.07) is 11.4. The van der Waals surface area contributed by atoms with Gasteiger partial charge in [-0.05, 0) is 43.7 Å². The van der Waals surface area contributed by atoms with Crippen LogP contribution in [0.15, 0.2) is 48.9 Å². The van der Waals surface area contributed by atoms with Crippen LogP contribution >= 0.6 is 0 Å². The largest absolute Gasteiger partial charge is 0.494 e. The Hall–Kier alpha value is -3.42. The molecule has 0 aliphatic carbocycles. The summed E-state index contributed by atoms with van der Waals surface area (Å²) in [6.45, 7) is 7.57. The van der Waals surface area contributed by atoms with Gasteiger partial charge in [-0.15, -0.1) is 0 Å². The van der Waals surface area contributed by atoms with Gasteiger partial charge in [0.15, 0.2) is 5.82 Å². The number of piperazine rings is 1. The van der Waals surface area contributed by atoms with E-state index in [1.165, 1.54) is 12.8 Å². The third kappa shape index (κ3) is 5.25. The average Bonchev–Trinajstić information content (AvgIpc) is 3.28. The molecular weight excluding hydrogens is 404 g/mol. The Bertz CT molecular complexity index is 1020. The summed E-state index contributed by atoms with van der Waals surface area (Å²) >= 11 is 0. The van der Waals surface area contributed by atoms with Gasteiger partial charge in [0.1, 0.15) is 17.9 Å². The SMILES string of the molecule is CCCCCOc1ccc(C(=O)N2CCN(c3cc(-n4ccc(C)n4)ncn3)CC2)cc1. The molecule has 0 unspecified atom stereocenters. The van der Waals surface area contributed by atoms with Gasteiger partial charge in [0.25, 0.3) is 5.91 Å². The number of nitrogens with zero attached hydrogens (tertiary/aromatic N) is 6. The zero-order chi connectivity index (χ0) is 22.3. The average molecular weight is 435 g/mol. The van der Waals surface area contributed by atoms with Crippen LogP contribution in [0, 0.1) is 6.92 Å². The molecule has 3 heterocycles. The fraction of sp³-hybridized carbons (Fsp3) is 0.417. The number of carbonyl (C=O) groups is 1. The van der Waals surface area contributed by atoms with Crippen LogP contribution < -0.4 is 9.64 Å². The zero-order valence-corrected chi connectivity index (χ0v) is 18.8. The molecule has 4 rings (SSSR count). The molecule has 0 saturated carbocycles. The predicted octanol–water partition coefficient (Wildman–Crippen LogP) is 3.50. The maximum Gasteiger partial charge on any atom is 0.253 e. The lowest BCUT2D eigenvalue weighted by Crippen LogP contribution is -2.49. The molecular formula is C24H30N6O2. The first-order valence-corrected chi connectivity index (χ1v) is 11.3. The molecule has 3 aromatic rings. The lowest BCUT2D eigenvalue weighted by atomic mass is 10.1. The monoisotopic (exact) mass is 434 g/mol. The van der Waals surface area contributed by atoms with Crippen molar-refractivity contribution in [1.82, 2.24) is 24.6 Å². The van der Waals surface area contributed by atoms with Crippen LogP contribution in [0.2, 0.25) is 0 Å². The lowest BCUT2D eigenvalue weighted by Gasteiger charge is -2.35.